The molecule has 0 saturated carbocycles. The quantitative estimate of drug-likeness (QED) is 0.876. The molecule has 2 amide bonds. The lowest BCUT2D eigenvalue weighted by molar-refractivity contribution is 0.227. The summed E-state index contributed by atoms with van der Waals surface area (Å²) in [7, 11) is 0. The highest BCUT2D eigenvalue weighted by molar-refractivity contribution is 5.75. The molecule has 116 valence electrons. The maximum Gasteiger partial charge on any atom is 0.315 e. The third kappa shape index (κ3) is 4.07. The zero-order valence-corrected chi connectivity index (χ0v) is 13.1. The lowest BCUT2D eigenvalue weighted by Gasteiger charge is -2.28. The minimum absolute atomic E-state index is 0.0924. The minimum atomic E-state index is -0.589. The van der Waals surface area contributed by atoms with Crippen LogP contribution in [0.4, 0.5) is 9.18 Å². The first-order valence-corrected chi connectivity index (χ1v) is 7.28. The molecule has 0 bridgehead atoms. The normalized spacial score (nSPS) is 12.5. The van der Waals surface area contributed by atoms with Crippen molar-refractivity contribution in [1.29, 1.82) is 0 Å². The number of hydrogen-bond acceptors (Lipinski definition) is 1. The summed E-state index contributed by atoms with van der Waals surface area (Å²) in [6.07, 6.45) is 0. The predicted molar refractivity (Wildman–Crippen MR) is 86.0 cm³/mol. The summed E-state index contributed by atoms with van der Waals surface area (Å²) in [5.74, 6) is -0.290. The number of amides is 2. The zero-order valence-electron chi connectivity index (χ0n) is 13.1. The van der Waals surface area contributed by atoms with Gasteiger partial charge in [-0.3, -0.25) is 0 Å². The van der Waals surface area contributed by atoms with E-state index in [1.54, 1.807) is 12.1 Å². The van der Waals surface area contributed by atoms with Gasteiger partial charge in [-0.25, -0.2) is 9.18 Å². The molecule has 0 aliphatic carbocycles. The van der Waals surface area contributed by atoms with Crippen molar-refractivity contribution in [3.63, 3.8) is 0 Å². The molecule has 0 aliphatic rings. The van der Waals surface area contributed by atoms with Crippen LogP contribution in [0, 0.1) is 5.82 Å². The van der Waals surface area contributed by atoms with E-state index in [4.69, 9.17) is 0 Å². The Bertz CT molecular complexity index is 623. The van der Waals surface area contributed by atoms with Crippen molar-refractivity contribution in [3.05, 3.63) is 71.5 Å². The van der Waals surface area contributed by atoms with Crippen LogP contribution in [0.5, 0.6) is 0 Å². The Morgan fingerprint density at radius 1 is 1.05 bits per heavy atom. The molecule has 2 aromatic carbocycles. The van der Waals surface area contributed by atoms with Crippen molar-refractivity contribution in [1.82, 2.24) is 10.6 Å². The summed E-state index contributed by atoms with van der Waals surface area (Å²) >= 11 is 0. The molecule has 3 nitrogen and oxygen atoms in total. The number of nitrogens with one attached hydrogen (secondary N) is 2. The van der Waals surface area contributed by atoms with Crippen molar-refractivity contribution < 1.29 is 9.18 Å². The van der Waals surface area contributed by atoms with Gasteiger partial charge in [-0.1, -0.05) is 42.5 Å². The lowest BCUT2D eigenvalue weighted by atomic mass is 9.94. The Balaban J connectivity index is 2.00. The monoisotopic (exact) mass is 300 g/mol. The molecule has 0 aliphatic heterocycles. The van der Waals surface area contributed by atoms with Gasteiger partial charge >= 0.3 is 6.03 Å². The smallest absolute Gasteiger partial charge is 0.315 e. The highest BCUT2D eigenvalue weighted by Gasteiger charge is 2.23. The number of halogens is 1. The third-order valence-electron chi connectivity index (χ3n) is 3.64. The largest absolute Gasteiger partial charge is 0.332 e. The van der Waals surface area contributed by atoms with Crippen LogP contribution in [0.2, 0.25) is 0 Å². The molecular weight excluding hydrogens is 279 g/mol. The van der Waals surface area contributed by atoms with E-state index < -0.39 is 5.54 Å². The number of urea groups is 1. The van der Waals surface area contributed by atoms with Gasteiger partial charge in [0, 0.05) is 0 Å². The maximum atomic E-state index is 13.0. The van der Waals surface area contributed by atoms with Crippen molar-refractivity contribution in [2.24, 2.45) is 0 Å². The highest BCUT2D eigenvalue weighted by Crippen LogP contribution is 2.20. The van der Waals surface area contributed by atoms with Gasteiger partial charge in [0.1, 0.15) is 5.82 Å². The van der Waals surface area contributed by atoms with E-state index in [0.717, 1.165) is 11.1 Å². The molecule has 0 heterocycles. The van der Waals surface area contributed by atoms with Gasteiger partial charge in [-0.15, -0.1) is 0 Å². The number of hydrogen-bond donors (Lipinski definition) is 2. The average Bonchev–Trinajstić information content (AvgIpc) is 2.48. The standard InChI is InChI=1S/C18H21FN2O/c1-13(14-7-5-4-6-8-14)20-17(22)21-18(2,3)15-9-11-16(19)12-10-15/h4-13H,1-3H3,(H2,20,21,22). The van der Waals surface area contributed by atoms with Gasteiger partial charge in [-0.05, 0) is 44.0 Å². The van der Waals surface area contributed by atoms with E-state index in [-0.39, 0.29) is 17.9 Å². The Kier molecular flexibility index (Phi) is 4.81. The lowest BCUT2D eigenvalue weighted by Crippen LogP contribution is -2.47. The van der Waals surface area contributed by atoms with Crippen LogP contribution in [0.15, 0.2) is 54.6 Å². The van der Waals surface area contributed by atoms with Gasteiger partial charge in [0.05, 0.1) is 11.6 Å². The van der Waals surface area contributed by atoms with E-state index in [0.29, 0.717) is 0 Å². The molecule has 1 unspecified atom stereocenters. The third-order valence-corrected chi connectivity index (χ3v) is 3.64. The molecule has 0 aromatic heterocycles. The SMILES string of the molecule is CC(NC(=O)NC(C)(C)c1ccc(F)cc1)c1ccccc1. The van der Waals surface area contributed by atoms with Gasteiger partial charge in [-0.2, -0.15) is 0 Å². The number of carbonyl (C=O) groups is 1. The molecule has 22 heavy (non-hydrogen) atoms. The fourth-order valence-electron chi connectivity index (χ4n) is 2.28. The molecular formula is C18H21FN2O. The molecule has 0 spiro atoms. The molecule has 2 aromatic rings. The summed E-state index contributed by atoms with van der Waals surface area (Å²) in [5, 5.41) is 5.83. The predicted octanol–water partition coefficient (Wildman–Crippen LogP) is 4.12. The number of benzene rings is 2. The van der Waals surface area contributed by atoms with Crippen LogP contribution in [-0.2, 0) is 5.54 Å². The first kappa shape index (κ1) is 16.0. The van der Waals surface area contributed by atoms with Gasteiger partial charge in [0.25, 0.3) is 0 Å². The van der Waals surface area contributed by atoms with E-state index in [2.05, 4.69) is 10.6 Å². The second-order valence-corrected chi connectivity index (χ2v) is 5.86. The molecule has 2 rings (SSSR count). The van der Waals surface area contributed by atoms with E-state index >= 15 is 0 Å². The first-order chi connectivity index (χ1) is 10.4. The van der Waals surface area contributed by atoms with E-state index in [9.17, 15) is 9.18 Å². The molecule has 0 saturated heterocycles. The number of carbonyl (C=O) groups excluding carboxylic acids is 1. The van der Waals surface area contributed by atoms with E-state index in [1.807, 2.05) is 51.1 Å². The minimum Gasteiger partial charge on any atom is -0.332 e. The summed E-state index contributed by atoms with van der Waals surface area (Å²) in [5.41, 5.74) is 1.29. The van der Waals surface area contributed by atoms with Crippen molar-refractivity contribution in [2.45, 2.75) is 32.4 Å². The maximum absolute atomic E-state index is 13.0. The topological polar surface area (TPSA) is 41.1 Å². The Morgan fingerprint density at radius 3 is 2.23 bits per heavy atom. The van der Waals surface area contributed by atoms with E-state index in [1.165, 1.54) is 12.1 Å². The second-order valence-electron chi connectivity index (χ2n) is 5.86. The van der Waals surface area contributed by atoms with Crippen LogP contribution < -0.4 is 10.6 Å². The average molecular weight is 300 g/mol. The zero-order chi connectivity index (χ0) is 16.2. The van der Waals surface area contributed by atoms with Crippen LogP contribution in [0.25, 0.3) is 0 Å². The van der Waals surface area contributed by atoms with Crippen molar-refractivity contribution >= 4 is 6.03 Å². The number of rotatable bonds is 4. The van der Waals surface area contributed by atoms with Crippen LogP contribution >= 0.6 is 0 Å². The fourth-order valence-corrected chi connectivity index (χ4v) is 2.28. The van der Waals surface area contributed by atoms with Crippen molar-refractivity contribution in [2.75, 3.05) is 0 Å². The van der Waals surface area contributed by atoms with Crippen LogP contribution in [-0.4, -0.2) is 6.03 Å². The molecule has 0 fully saturated rings. The Hall–Kier alpha value is -2.36. The van der Waals surface area contributed by atoms with Crippen molar-refractivity contribution in [3.8, 4) is 0 Å². The Morgan fingerprint density at radius 2 is 1.64 bits per heavy atom. The second kappa shape index (κ2) is 6.60. The van der Waals surface area contributed by atoms with Crippen LogP contribution in [0.1, 0.15) is 37.9 Å². The molecule has 0 radical (unpaired) electrons. The highest BCUT2D eigenvalue weighted by atomic mass is 19.1. The van der Waals surface area contributed by atoms with Gasteiger partial charge in [0.15, 0.2) is 0 Å². The molecule has 4 heteroatoms. The molecule has 2 N–H and O–H groups in total. The molecule has 1 atom stereocenters. The fraction of sp³-hybridized carbons (Fsp3) is 0.278. The van der Waals surface area contributed by atoms with Gasteiger partial charge in [0.2, 0.25) is 0 Å². The summed E-state index contributed by atoms with van der Waals surface area (Å²) in [6, 6.07) is 15.5. The summed E-state index contributed by atoms with van der Waals surface area (Å²) in [6.45, 7) is 5.69. The van der Waals surface area contributed by atoms with Gasteiger partial charge < -0.3 is 10.6 Å². The Labute approximate surface area is 130 Å². The first-order valence-electron chi connectivity index (χ1n) is 7.28. The summed E-state index contributed by atoms with van der Waals surface area (Å²) in [4.78, 5) is 12.2. The summed E-state index contributed by atoms with van der Waals surface area (Å²) < 4.78 is 13.0. The van der Waals surface area contributed by atoms with Crippen LogP contribution in [0.3, 0.4) is 0 Å².